The number of hydrogen-bond acceptors (Lipinski definition) is 1. The molecule has 2 aliphatic rings. The number of fused-ring (bicyclic) bond motifs is 2. The number of nitrogens with zero attached hydrogens (tertiary/aromatic N) is 1. The third-order valence-electron chi connectivity index (χ3n) is 4.77. The highest BCUT2D eigenvalue weighted by Gasteiger charge is 2.50. The van der Waals surface area contributed by atoms with Gasteiger partial charge in [-0.25, -0.2) is 4.39 Å². The van der Waals surface area contributed by atoms with Gasteiger partial charge in [-0.2, -0.15) is 0 Å². The molecule has 0 radical (unpaired) electrons. The lowest BCUT2D eigenvalue weighted by molar-refractivity contribution is 0.132. The highest BCUT2D eigenvalue weighted by Crippen LogP contribution is 2.52. The SMILES string of the molecule is CC1(C)CC2CC(C)(CN2C(=S)Nc2ccc(F)cc2)C1. The molecule has 2 nitrogen and oxygen atoms in total. The second kappa shape index (κ2) is 4.94. The Morgan fingerprint density at radius 1 is 1.24 bits per heavy atom. The molecule has 3 rings (SSSR count). The normalized spacial score (nSPS) is 30.3. The number of halogens is 1. The summed E-state index contributed by atoms with van der Waals surface area (Å²) in [6, 6.07) is 6.90. The molecular formula is C17H23FN2S. The van der Waals surface area contributed by atoms with Gasteiger partial charge < -0.3 is 10.2 Å². The second-order valence-electron chi connectivity index (χ2n) is 7.78. The number of hydrogen-bond donors (Lipinski definition) is 1. The van der Waals surface area contributed by atoms with Crippen molar-refractivity contribution in [3.63, 3.8) is 0 Å². The molecule has 2 bridgehead atoms. The Balaban J connectivity index is 1.73. The van der Waals surface area contributed by atoms with Gasteiger partial charge in [-0.1, -0.05) is 20.8 Å². The quantitative estimate of drug-likeness (QED) is 0.773. The first-order valence-electron chi connectivity index (χ1n) is 7.60. The Morgan fingerprint density at radius 3 is 2.57 bits per heavy atom. The summed E-state index contributed by atoms with van der Waals surface area (Å²) in [6.45, 7) is 8.12. The minimum atomic E-state index is -0.224. The van der Waals surface area contributed by atoms with E-state index in [4.69, 9.17) is 12.2 Å². The van der Waals surface area contributed by atoms with E-state index < -0.39 is 0 Å². The molecule has 1 aromatic rings. The zero-order valence-electron chi connectivity index (χ0n) is 12.9. The largest absolute Gasteiger partial charge is 0.345 e. The van der Waals surface area contributed by atoms with Gasteiger partial charge in [0.15, 0.2) is 5.11 Å². The van der Waals surface area contributed by atoms with Gasteiger partial charge in [-0.15, -0.1) is 0 Å². The van der Waals surface area contributed by atoms with Crippen molar-refractivity contribution in [3.05, 3.63) is 30.1 Å². The number of nitrogens with one attached hydrogen (secondary N) is 1. The van der Waals surface area contributed by atoms with Crippen LogP contribution in [-0.2, 0) is 0 Å². The van der Waals surface area contributed by atoms with Crippen LogP contribution in [0.1, 0.15) is 40.0 Å². The highest BCUT2D eigenvalue weighted by atomic mass is 32.1. The van der Waals surface area contributed by atoms with Crippen molar-refractivity contribution in [2.45, 2.75) is 46.1 Å². The fourth-order valence-corrected chi connectivity index (χ4v) is 4.76. The van der Waals surface area contributed by atoms with Crippen molar-refractivity contribution in [1.82, 2.24) is 4.90 Å². The van der Waals surface area contributed by atoms with Crippen LogP contribution in [-0.4, -0.2) is 22.6 Å². The Morgan fingerprint density at radius 2 is 1.90 bits per heavy atom. The number of benzene rings is 1. The Hall–Kier alpha value is -1.16. The van der Waals surface area contributed by atoms with Crippen molar-refractivity contribution in [3.8, 4) is 0 Å². The number of thiocarbonyl (C=S) groups is 1. The van der Waals surface area contributed by atoms with Crippen LogP contribution in [0.3, 0.4) is 0 Å². The molecule has 0 amide bonds. The standard InChI is InChI=1S/C17H23FN2S/c1-16(2)8-14-9-17(3,10-16)11-20(14)15(21)19-13-6-4-12(18)5-7-13/h4-7,14H,8-11H2,1-3H3,(H,19,21). The highest BCUT2D eigenvalue weighted by molar-refractivity contribution is 7.80. The van der Waals surface area contributed by atoms with E-state index in [1.807, 2.05) is 0 Å². The van der Waals surface area contributed by atoms with Crippen molar-refractivity contribution < 1.29 is 4.39 Å². The Labute approximate surface area is 131 Å². The molecule has 0 spiro atoms. The number of likely N-dealkylation sites (tertiary alicyclic amines) is 1. The van der Waals surface area contributed by atoms with Crippen LogP contribution in [0, 0.1) is 16.6 Å². The van der Waals surface area contributed by atoms with Crippen molar-refractivity contribution in [2.75, 3.05) is 11.9 Å². The molecular weight excluding hydrogens is 283 g/mol. The average molecular weight is 306 g/mol. The maximum absolute atomic E-state index is 13.0. The first-order chi connectivity index (χ1) is 9.76. The second-order valence-corrected chi connectivity index (χ2v) is 8.17. The van der Waals surface area contributed by atoms with E-state index in [0.717, 1.165) is 17.3 Å². The van der Waals surface area contributed by atoms with Crippen LogP contribution < -0.4 is 5.32 Å². The molecule has 1 aliphatic carbocycles. The summed E-state index contributed by atoms with van der Waals surface area (Å²) in [5.41, 5.74) is 1.60. The van der Waals surface area contributed by atoms with Gasteiger partial charge >= 0.3 is 0 Å². The third-order valence-corrected chi connectivity index (χ3v) is 5.11. The van der Waals surface area contributed by atoms with Crippen LogP contribution in [0.25, 0.3) is 0 Å². The van der Waals surface area contributed by atoms with Crippen molar-refractivity contribution in [2.24, 2.45) is 10.8 Å². The summed E-state index contributed by atoms with van der Waals surface area (Å²) in [6.07, 6.45) is 3.67. The van der Waals surface area contributed by atoms with E-state index in [1.165, 1.54) is 31.4 Å². The Kier molecular flexibility index (Phi) is 3.47. The van der Waals surface area contributed by atoms with Gasteiger partial charge in [-0.3, -0.25) is 0 Å². The Bertz CT molecular complexity index is 554. The maximum atomic E-state index is 13.0. The van der Waals surface area contributed by atoms with E-state index >= 15 is 0 Å². The molecule has 0 aromatic heterocycles. The van der Waals surface area contributed by atoms with E-state index in [2.05, 4.69) is 31.0 Å². The van der Waals surface area contributed by atoms with Gasteiger partial charge in [0.05, 0.1) is 0 Å². The zero-order chi connectivity index (χ0) is 15.3. The van der Waals surface area contributed by atoms with Gasteiger partial charge in [0.25, 0.3) is 0 Å². The first-order valence-corrected chi connectivity index (χ1v) is 8.01. The predicted octanol–water partition coefficient (Wildman–Crippen LogP) is 4.42. The van der Waals surface area contributed by atoms with Gasteiger partial charge in [0.2, 0.25) is 0 Å². The molecule has 2 unspecified atom stereocenters. The van der Waals surface area contributed by atoms with E-state index in [1.54, 1.807) is 12.1 Å². The summed E-state index contributed by atoms with van der Waals surface area (Å²) >= 11 is 5.60. The molecule has 4 heteroatoms. The molecule has 114 valence electrons. The molecule has 21 heavy (non-hydrogen) atoms. The van der Waals surface area contributed by atoms with Gasteiger partial charge in [0.1, 0.15) is 5.82 Å². The van der Waals surface area contributed by atoms with Gasteiger partial charge in [-0.05, 0) is 66.6 Å². The molecule has 1 saturated heterocycles. The lowest BCUT2D eigenvalue weighted by Crippen LogP contribution is -2.39. The summed E-state index contributed by atoms with van der Waals surface area (Å²) in [7, 11) is 0. The fourth-order valence-electron chi connectivity index (χ4n) is 4.43. The van der Waals surface area contributed by atoms with Crippen LogP contribution in [0.15, 0.2) is 24.3 Å². The van der Waals surface area contributed by atoms with Crippen LogP contribution in [0.2, 0.25) is 0 Å². The first kappa shape index (κ1) is 14.8. The number of rotatable bonds is 1. The monoisotopic (exact) mass is 306 g/mol. The van der Waals surface area contributed by atoms with Crippen LogP contribution in [0.4, 0.5) is 10.1 Å². The zero-order valence-corrected chi connectivity index (χ0v) is 13.8. The smallest absolute Gasteiger partial charge is 0.173 e. The fraction of sp³-hybridized carbons (Fsp3) is 0.588. The summed E-state index contributed by atoms with van der Waals surface area (Å²) in [5, 5.41) is 4.03. The van der Waals surface area contributed by atoms with E-state index in [9.17, 15) is 4.39 Å². The molecule has 1 heterocycles. The molecule has 1 aliphatic heterocycles. The third kappa shape index (κ3) is 3.05. The van der Waals surface area contributed by atoms with E-state index in [-0.39, 0.29) is 5.82 Å². The van der Waals surface area contributed by atoms with Crippen LogP contribution >= 0.6 is 12.2 Å². The number of anilines is 1. The minimum absolute atomic E-state index is 0.224. The lowest BCUT2D eigenvalue weighted by atomic mass is 9.65. The predicted molar refractivity (Wildman–Crippen MR) is 88.9 cm³/mol. The average Bonchev–Trinajstić information content (AvgIpc) is 2.61. The van der Waals surface area contributed by atoms with Crippen LogP contribution in [0.5, 0.6) is 0 Å². The summed E-state index contributed by atoms with van der Waals surface area (Å²) in [4.78, 5) is 2.34. The molecule has 2 fully saturated rings. The molecule has 2 atom stereocenters. The molecule has 1 saturated carbocycles. The topological polar surface area (TPSA) is 15.3 Å². The van der Waals surface area contributed by atoms with Gasteiger partial charge in [0, 0.05) is 18.3 Å². The van der Waals surface area contributed by atoms with Crippen molar-refractivity contribution >= 4 is 23.0 Å². The maximum Gasteiger partial charge on any atom is 0.173 e. The van der Waals surface area contributed by atoms with E-state index in [0.29, 0.717) is 16.9 Å². The molecule has 1 N–H and O–H groups in total. The summed E-state index contributed by atoms with van der Waals surface area (Å²) in [5.74, 6) is -0.224. The summed E-state index contributed by atoms with van der Waals surface area (Å²) < 4.78 is 13.0. The molecule has 1 aromatic carbocycles. The lowest BCUT2D eigenvalue weighted by Gasteiger charge is -2.39. The van der Waals surface area contributed by atoms with Crippen molar-refractivity contribution in [1.29, 1.82) is 0 Å². The minimum Gasteiger partial charge on any atom is -0.345 e.